The summed E-state index contributed by atoms with van der Waals surface area (Å²) in [5, 5.41) is 0. The van der Waals surface area contributed by atoms with Crippen molar-refractivity contribution in [2.45, 2.75) is 62.2 Å². The summed E-state index contributed by atoms with van der Waals surface area (Å²) in [6.45, 7) is 4.49. The summed E-state index contributed by atoms with van der Waals surface area (Å²) in [7, 11) is 1.79. The zero-order valence-electron chi connectivity index (χ0n) is 17.5. The Morgan fingerprint density at radius 2 is 1.17 bits per heavy atom. The lowest BCUT2D eigenvalue weighted by atomic mass is 10.3. The van der Waals surface area contributed by atoms with Gasteiger partial charge in [-0.05, 0) is 24.3 Å². The van der Waals surface area contributed by atoms with Crippen molar-refractivity contribution in [2.75, 3.05) is 11.5 Å². The molecule has 30 heavy (non-hydrogen) atoms. The average molecular weight is 518 g/mol. The highest BCUT2D eigenvalue weighted by molar-refractivity contribution is 8.42. The Kier molecular flexibility index (Phi) is 10.3. The van der Waals surface area contributed by atoms with E-state index in [0.29, 0.717) is 11.4 Å². The molecule has 2 aliphatic rings. The van der Waals surface area contributed by atoms with E-state index in [9.17, 15) is 9.59 Å². The topological polar surface area (TPSA) is 39.1 Å². The fourth-order valence-electron chi connectivity index (χ4n) is 2.99. The number of carbonyl (C=O) groups is 2. The van der Waals surface area contributed by atoms with Gasteiger partial charge in [0.15, 0.2) is 12.6 Å². The maximum Gasteiger partial charge on any atom is 0.167 e. The summed E-state index contributed by atoms with van der Waals surface area (Å²) in [5.74, 6) is 2.34. The van der Waals surface area contributed by atoms with Crippen LogP contribution in [0.15, 0.2) is 26.7 Å². The average Bonchev–Trinajstić information content (AvgIpc) is 3.40. The first-order chi connectivity index (χ1) is 14.6. The molecule has 3 heterocycles. The minimum Gasteiger partial charge on any atom is -0.337 e. The van der Waals surface area contributed by atoms with Gasteiger partial charge in [-0.15, -0.1) is 23.5 Å². The van der Waals surface area contributed by atoms with E-state index < -0.39 is 0 Å². The molecule has 0 amide bonds. The highest BCUT2D eigenvalue weighted by Crippen LogP contribution is 2.65. The molecule has 0 unspecified atom stereocenters. The fourth-order valence-corrected chi connectivity index (χ4v) is 12.0. The fraction of sp³-hybridized carbons (Fsp3) is 0.524. The third-order valence-electron chi connectivity index (χ3n) is 4.67. The van der Waals surface area contributed by atoms with Crippen molar-refractivity contribution in [3.05, 3.63) is 28.3 Å². The number of aldehydes is 2. The highest BCUT2D eigenvalue weighted by atomic mass is 32.3. The lowest BCUT2D eigenvalue weighted by Crippen LogP contribution is -2.00. The number of aromatic nitrogens is 1. The molecule has 2 aliphatic heterocycles. The molecule has 0 saturated heterocycles. The molecule has 0 aromatic carbocycles. The predicted molar refractivity (Wildman–Crippen MR) is 141 cm³/mol. The molecule has 0 saturated carbocycles. The smallest absolute Gasteiger partial charge is 0.167 e. The third-order valence-corrected chi connectivity index (χ3v) is 13.5. The van der Waals surface area contributed by atoms with E-state index in [-0.39, 0.29) is 0 Å². The summed E-state index contributed by atoms with van der Waals surface area (Å²) in [6, 6.07) is 0. The maximum atomic E-state index is 11.6. The SMILES string of the molecule is CCCCCSC1=C(SCCCCC)SC(=C2Sc3c(c(C=O)n(C)c3C=O)S2)S1. The zero-order valence-corrected chi connectivity index (χ0v) is 22.4. The summed E-state index contributed by atoms with van der Waals surface area (Å²) >= 11 is 11.0. The van der Waals surface area contributed by atoms with Gasteiger partial charge in [0, 0.05) is 7.05 Å². The number of thioether (sulfide) groups is 6. The van der Waals surface area contributed by atoms with Crippen LogP contribution in [0.2, 0.25) is 0 Å². The van der Waals surface area contributed by atoms with E-state index in [1.165, 1.54) is 67.0 Å². The minimum absolute atomic E-state index is 0.601. The Morgan fingerprint density at radius 1 is 0.733 bits per heavy atom. The lowest BCUT2D eigenvalue weighted by Gasteiger charge is -2.05. The van der Waals surface area contributed by atoms with Crippen molar-refractivity contribution < 1.29 is 9.59 Å². The quantitative estimate of drug-likeness (QED) is 0.202. The zero-order chi connectivity index (χ0) is 21.5. The first-order valence-electron chi connectivity index (χ1n) is 10.2. The van der Waals surface area contributed by atoms with Crippen molar-refractivity contribution in [1.29, 1.82) is 0 Å². The Morgan fingerprint density at radius 3 is 1.57 bits per heavy atom. The molecule has 0 radical (unpaired) electrons. The second kappa shape index (κ2) is 12.4. The third kappa shape index (κ3) is 5.76. The van der Waals surface area contributed by atoms with Crippen LogP contribution in [0, 0.1) is 0 Å². The number of nitrogens with zero attached hydrogens (tertiary/aromatic N) is 1. The van der Waals surface area contributed by atoms with Gasteiger partial charge >= 0.3 is 0 Å². The molecule has 9 heteroatoms. The largest absolute Gasteiger partial charge is 0.337 e. The van der Waals surface area contributed by atoms with Gasteiger partial charge in [0.05, 0.1) is 38.1 Å². The monoisotopic (exact) mass is 517 g/mol. The molecule has 0 atom stereocenters. The van der Waals surface area contributed by atoms with Gasteiger partial charge in [-0.25, -0.2) is 0 Å². The van der Waals surface area contributed by atoms with Crippen LogP contribution in [-0.4, -0.2) is 28.6 Å². The molecule has 1 aromatic rings. The summed E-state index contributed by atoms with van der Waals surface area (Å²) in [4.78, 5) is 25.1. The van der Waals surface area contributed by atoms with Gasteiger partial charge < -0.3 is 4.57 Å². The molecule has 164 valence electrons. The van der Waals surface area contributed by atoms with Crippen LogP contribution < -0.4 is 0 Å². The van der Waals surface area contributed by atoms with Gasteiger partial charge in [0.2, 0.25) is 0 Å². The van der Waals surface area contributed by atoms with Crippen molar-refractivity contribution in [1.82, 2.24) is 4.57 Å². The van der Waals surface area contributed by atoms with Crippen LogP contribution in [0.4, 0.5) is 0 Å². The molecule has 0 aliphatic carbocycles. The number of hydrogen-bond acceptors (Lipinski definition) is 8. The number of hydrogen-bond donors (Lipinski definition) is 0. The summed E-state index contributed by atoms with van der Waals surface area (Å²) < 4.78 is 7.09. The van der Waals surface area contributed by atoms with Crippen molar-refractivity contribution in [3.8, 4) is 0 Å². The molecular weight excluding hydrogens is 491 g/mol. The van der Waals surface area contributed by atoms with Crippen molar-refractivity contribution in [2.24, 2.45) is 7.05 Å². The van der Waals surface area contributed by atoms with E-state index in [4.69, 9.17) is 0 Å². The van der Waals surface area contributed by atoms with Crippen LogP contribution in [-0.2, 0) is 7.05 Å². The summed E-state index contributed by atoms with van der Waals surface area (Å²) in [6.07, 6.45) is 9.32. The lowest BCUT2D eigenvalue weighted by molar-refractivity contribution is 0.111. The molecule has 3 nitrogen and oxygen atoms in total. The van der Waals surface area contributed by atoms with E-state index in [0.717, 1.165) is 22.4 Å². The van der Waals surface area contributed by atoms with Crippen molar-refractivity contribution >= 4 is 83.1 Å². The van der Waals surface area contributed by atoms with Gasteiger partial charge in [-0.2, -0.15) is 0 Å². The van der Waals surface area contributed by atoms with Gasteiger partial charge in [-0.3, -0.25) is 9.59 Å². The Hall–Kier alpha value is 0.200. The van der Waals surface area contributed by atoms with Gasteiger partial charge in [0.1, 0.15) is 0 Å². The van der Waals surface area contributed by atoms with Crippen LogP contribution in [0.5, 0.6) is 0 Å². The Bertz CT molecular complexity index is 795. The van der Waals surface area contributed by atoms with E-state index in [1.54, 1.807) is 35.1 Å². The Balaban J connectivity index is 1.75. The second-order valence-electron chi connectivity index (χ2n) is 6.89. The van der Waals surface area contributed by atoms with Gasteiger partial charge in [-0.1, -0.05) is 86.6 Å². The number of rotatable bonds is 12. The maximum absolute atomic E-state index is 11.6. The number of carbonyl (C=O) groups excluding carboxylic acids is 2. The first-order valence-corrected chi connectivity index (χ1v) is 15.5. The van der Waals surface area contributed by atoms with E-state index in [2.05, 4.69) is 13.8 Å². The minimum atomic E-state index is 0.601. The Labute approximate surface area is 205 Å². The molecule has 0 fully saturated rings. The standard InChI is InChI=1S/C21H27NO2S6/c1-4-6-8-10-25-18-19(26-11-9-7-5-2)30-21(29-18)20-27-16-14(12-23)22(3)15(13-24)17(16)28-20/h12-13H,4-11H2,1-3H3. The van der Waals surface area contributed by atoms with E-state index >= 15 is 0 Å². The highest BCUT2D eigenvalue weighted by Gasteiger charge is 2.33. The molecule has 3 rings (SSSR count). The second-order valence-corrected chi connectivity index (χ2v) is 14.2. The number of fused-ring (bicyclic) bond motifs is 1. The van der Waals surface area contributed by atoms with Crippen LogP contribution in [0.25, 0.3) is 0 Å². The first kappa shape index (κ1) is 24.8. The van der Waals surface area contributed by atoms with E-state index in [1.807, 2.05) is 47.0 Å². The van der Waals surface area contributed by atoms with Crippen LogP contribution in [0.3, 0.4) is 0 Å². The number of unbranched alkanes of at least 4 members (excludes halogenated alkanes) is 4. The molecule has 0 bridgehead atoms. The molecular formula is C21H27NO2S6. The molecule has 1 aromatic heterocycles. The van der Waals surface area contributed by atoms with Crippen LogP contribution >= 0.6 is 70.6 Å². The molecule has 0 spiro atoms. The summed E-state index contributed by atoms with van der Waals surface area (Å²) in [5.41, 5.74) is 1.20. The normalized spacial score (nSPS) is 16.0. The van der Waals surface area contributed by atoms with Gasteiger partial charge in [0.25, 0.3) is 0 Å². The van der Waals surface area contributed by atoms with Crippen LogP contribution in [0.1, 0.15) is 73.3 Å². The predicted octanol–water partition coefficient (Wildman–Crippen LogP) is 8.43. The van der Waals surface area contributed by atoms with Crippen molar-refractivity contribution in [3.63, 3.8) is 0 Å². The molecule has 0 N–H and O–H groups in total.